The highest BCUT2D eigenvalue weighted by Gasteiger charge is 2.16. The molecule has 0 unspecified atom stereocenters. The minimum Gasteiger partial charge on any atom is -0.493 e. The minimum absolute atomic E-state index is 0.280. The standard InChI is InChI=1S/C14H14N4O3/c1-19-9-4-3-5-10(20-2)12(9)21-14-13-16-6-7-18(13)8-11(15)17-14/h3-8H,15H2,1-2H3. The van der Waals surface area contributed by atoms with Crippen LogP contribution in [-0.2, 0) is 0 Å². The number of hydrogen-bond donors (Lipinski definition) is 1. The number of ether oxygens (including phenoxy) is 3. The number of nitrogen functional groups attached to an aromatic ring is 1. The quantitative estimate of drug-likeness (QED) is 0.791. The summed E-state index contributed by atoms with van der Waals surface area (Å²) >= 11 is 0. The number of rotatable bonds is 4. The van der Waals surface area contributed by atoms with E-state index >= 15 is 0 Å². The average molecular weight is 286 g/mol. The molecule has 1 aromatic carbocycles. The van der Waals surface area contributed by atoms with Crippen molar-refractivity contribution in [3.8, 4) is 23.1 Å². The van der Waals surface area contributed by atoms with Crippen LogP contribution >= 0.6 is 0 Å². The molecule has 0 saturated heterocycles. The molecule has 0 aliphatic carbocycles. The predicted molar refractivity (Wildman–Crippen MR) is 77.0 cm³/mol. The Labute approximate surface area is 120 Å². The SMILES string of the molecule is COc1cccc(OC)c1Oc1nc(N)cn2ccnc12. The second-order valence-electron chi connectivity index (χ2n) is 4.22. The van der Waals surface area contributed by atoms with Crippen LogP contribution in [0.2, 0.25) is 0 Å². The van der Waals surface area contributed by atoms with E-state index in [1.807, 2.05) is 6.07 Å². The number of aromatic nitrogens is 3. The molecule has 2 heterocycles. The zero-order valence-corrected chi connectivity index (χ0v) is 11.6. The largest absolute Gasteiger partial charge is 0.493 e. The van der Waals surface area contributed by atoms with Gasteiger partial charge in [0.15, 0.2) is 11.5 Å². The Balaban J connectivity index is 2.12. The lowest BCUT2D eigenvalue weighted by atomic mass is 10.3. The summed E-state index contributed by atoms with van der Waals surface area (Å²) in [4.78, 5) is 8.39. The van der Waals surface area contributed by atoms with Crippen molar-refractivity contribution in [2.75, 3.05) is 20.0 Å². The molecule has 7 nitrogen and oxygen atoms in total. The molecule has 0 amide bonds. The molecular weight excluding hydrogens is 272 g/mol. The number of nitrogens with zero attached hydrogens (tertiary/aromatic N) is 3. The first-order valence-corrected chi connectivity index (χ1v) is 6.21. The molecule has 0 fully saturated rings. The molecule has 2 N–H and O–H groups in total. The second-order valence-corrected chi connectivity index (χ2v) is 4.22. The number of fused-ring (bicyclic) bond motifs is 1. The van der Waals surface area contributed by atoms with Crippen LogP contribution in [0.15, 0.2) is 36.8 Å². The van der Waals surface area contributed by atoms with E-state index in [0.717, 1.165) is 0 Å². The van der Waals surface area contributed by atoms with Crippen LogP contribution in [0.4, 0.5) is 5.82 Å². The van der Waals surface area contributed by atoms with Crippen LogP contribution in [0.1, 0.15) is 0 Å². The van der Waals surface area contributed by atoms with E-state index in [0.29, 0.717) is 28.7 Å². The Morgan fingerprint density at radius 3 is 2.52 bits per heavy atom. The maximum Gasteiger partial charge on any atom is 0.266 e. The summed E-state index contributed by atoms with van der Waals surface area (Å²) in [5, 5.41) is 0. The summed E-state index contributed by atoms with van der Waals surface area (Å²) in [5.74, 6) is 2.09. The van der Waals surface area contributed by atoms with Crippen LogP contribution in [0.25, 0.3) is 5.65 Å². The molecule has 3 rings (SSSR count). The summed E-state index contributed by atoms with van der Waals surface area (Å²) in [6, 6.07) is 5.35. The Morgan fingerprint density at radius 1 is 1.14 bits per heavy atom. The number of nitrogens with two attached hydrogens (primary N) is 1. The summed E-state index contributed by atoms with van der Waals surface area (Å²) in [5.41, 5.74) is 6.33. The van der Waals surface area contributed by atoms with Gasteiger partial charge in [0.1, 0.15) is 5.82 Å². The summed E-state index contributed by atoms with van der Waals surface area (Å²) < 4.78 is 18.2. The third kappa shape index (κ3) is 2.29. The second kappa shape index (κ2) is 5.20. The molecule has 3 aromatic rings. The van der Waals surface area contributed by atoms with Crippen molar-refractivity contribution in [2.45, 2.75) is 0 Å². The molecule has 0 bridgehead atoms. The van der Waals surface area contributed by atoms with Crippen LogP contribution in [0.3, 0.4) is 0 Å². The molecule has 0 aliphatic heterocycles. The highest BCUT2D eigenvalue weighted by Crippen LogP contribution is 2.40. The Bertz CT molecular complexity index is 763. The highest BCUT2D eigenvalue weighted by molar-refractivity contribution is 5.58. The van der Waals surface area contributed by atoms with Crippen molar-refractivity contribution in [3.05, 3.63) is 36.8 Å². The van der Waals surface area contributed by atoms with Crippen LogP contribution < -0.4 is 19.9 Å². The molecule has 0 aliphatic rings. The molecular formula is C14H14N4O3. The lowest BCUT2D eigenvalue weighted by Gasteiger charge is -2.13. The number of para-hydroxylation sites is 1. The van der Waals surface area contributed by atoms with Crippen molar-refractivity contribution < 1.29 is 14.2 Å². The van der Waals surface area contributed by atoms with Gasteiger partial charge < -0.3 is 19.9 Å². The van der Waals surface area contributed by atoms with Crippen molar-refractivity contribution in [2.24, 2.45) is 0 Å². The molecule has 0 radical (unpaired) electrons. The maximum atomic E-state index is 5.85. The fraction of sp³-hybridized carbons (Fsp3) is 0.143. The summed E-state index contributed by atoms with van der Waals surface area (Å²) in [7, 11) is 3.11. The van der Waals surface area contributed by atoms with Gasteiger partial charge >= 0.3 is 0 Å². The first-order valence-electron chi connectivity index (χ1n) is 6.21. The summed E-state index contributed by atoms with van der Waals surface area (Å²) in [6.07, 6.45) is 5.07. The third-order valence-corrected chi connectivity index (χ3v) is 2.94. The Morgan fingerprint density at radius 2 is 1.86 bits per heavy atom. The van der Waals surface area contributed by atoms with E-state index in [2.05, 4.69) is 9.97 Å². The molecule has 0 spiro atoms. The van der Waals surface area contributed by atoms with Crippen molar-refractivity contribution >= 4 is 11.5 Å². The van der Waals surface area contributed by atoms with E-state index in [1.165, 1.54) is 0 Å². The third-order valence-electron chi connectivity index (χ3n) is 2.94. The van der Waals surface area contributed by atoms with Gasteiger partial charge in [-0.25, -0.2) is 4.98 Å². The van der Waals surface area contributed by atoms with Crippen LogP contribution in [0, 0.1) is 0 Å². The van der Waals surface area contributed by atoms with Gasteiger partial charge in [0, 0.05) is 12.4 Å². The van der Waals surface area contributed by atoms with E-state index < -0.39 is 0 Å². The lowest BCUT2D eigenvalue weighted by Crippen LogP contribution is -2.01. The normalized spacial score (nSPS) is 10.6. The monoisotopic (exact) mass is 286 g/mol. The number of imidazole rings is 1. The Hall–Kier alpha value is -2.96. The fourth-order valence-corrected chi connectivity index (χ4v) is 2.00. The molecule has 2 aromatic heterocycles. The molecule has 21 heavy (non-hydrogen) atoms. The minimum atomic E-state index is 0.280. The first-order chi connectivity index (χ1) is 10.2. The van der Waals surface area contributed by atoms with Gasteiger partial charge in [-0.3, -0.25) is 4.40 Å². The lowest BCUT2D eigenvalue weighted by molar-refractivity contribution is 0.343. The Kier molecular flexibility index (Phi) is 3.23. The summed E-state index contributed by atoms with van der Waals surface area (Å²) in [6.45, 7) is 0. The number of methoxy groups -OCH3 is 2. The van der Waals surface area contributed by atoms with Gasteiger partial charge in [-0.1, -0.05) is 6.07 Å². The smallest absolute Gasteiger partial charge is 0.266 e. The van der Waals surface area contributed by atoms with E-state index in [-0.39, 0.29) is 5.88 Å². The van der Waals surface area contributed by atoms with E-state index in [1.54, 1.807) is 49.3 Å². The van der Waals surface area contributed by atoms with Gasteiger partial charge in [-0.05, 0) is 12.1 Å². The zero-order chi connectivity index (χ0) is 14.8. The predicted octanol–water partition coefficient (Wildman–Crippen LogP) is 2.12. The number of hydrogen-bond acceptors (Lipinski definition) is 6. The average Bonchev–Trinajstić information content (AvgIpc) is 2.95. The van der Waals surface area contributed by atoms with Crippen molar-refractivity contribution in [3.63, 3.8) is 0 Å². The first kappa shape index (κ1) is 13.0. The topological polar surface area (TPSA) is 83.9 Å². The zero-order valence-electron chi connectivity index (χ0n) is 11.6. The van der Waals surface area contributed by atoms with Crippen molar-refractivity contribution in [1.82, 2.24) is 14.4 Å². The van der Waals surface area contributed by atoms with Gasteiger partial charge in [0.2, 0.25) is 11.4 Å². The van der Waals surface area contributed by atoms with Crippen molar-refractivity contribution in [1.29, 1.82) is 0 Å². The van der Waals surface area contributed by atoms with Gasteiger partial charge in [0.25, 0.3) is 5.88 Å². The fourth-order valence-electron chi connectivity index (χ4n) is 2.00. The molecule has 0 atom stereocenters. The molecule has 108 valence electrons. The molecule has 0 saturated carbocycles. The van der Waals surface area contributed by atoms with E-state index in [9.17, 15) is 0 Å². The van der Waals surface area contributed by atoms with Crippen LogP contribution in [0.5, 0.6) is 23.1 Å². The number of anilines is 1. The van der Waals surface area contributed by atoms with Gasteiger partial charge in [-0.15, -0.1) is 0 Å². The van der Waals surface area contributed by atoms with Gasteiger partial charge in [-0.2, -0.15) is 4.98 Å². The van der Waals surface area contributed by atoms with Gasteiger partial charge in [0.05, 0.1) is 20.4 Å². The number of benzene rings is 1. The molecule has 7 heteroatoms. The highest BCUT2D eigenvalue weighted by atomic mass is 16.5. The van der Waals surface area contributed by atoms with Crippen LogP contribution in [-0.4, -0.2) is 28.6 Å². The maximum absolute atomic E-state index is 5.85. The van der Waals surface area contributed by atoms with E-state index in [4.69, 9.17) is 19.9 Å².